The third-order valence-corrected chi connectivity index (χ3v) is 2.05. The molecule has 0 bridgehead atoms. The minimum atomic E-state index is -2.25. The van der Waals surface area contributed by atoms with Crippen LogP contribution in [-0.4, -0.2) is 19.0 Å². The van der Waals surface area contributed by atoms with Crippen molar-refractivity contribution in [1.82, 2.24) is 5.32 Å². The van der Waals surface area contributed by atoms with Gasteiger partial charge in [0, 0.05) is 0 Å². The molecule has 0 aliphatic heterocycles. The molecule has 0 aliphatic rings. The van der Waals surface area contributed by atoms with Crippen LogP contribution in [0.2, 0.25) is 0 Å². The maximum Gasteiger partial charge on any atom is 0.253 e. The van der Waals surface area contributed by atoms with E-state index in [2.05, 4.69) is 19.2 Å². The van der Waals surface area contributed by atoms with Crippen molar-refractivity contribution < 1.29 is 8.78 Å². The summed E-state index contributed by atoms with van der Waals surface area (Å²) in [5.41, 5.74) is 0. The number of halogens is 2. The number of alkyl halides is 2. The molecule has 1 nitrogen and oxygen atoms in total. The van der Waals surface area contributed by atoms with Gasteiger partial charge >= 0.3 is 0 Å². The summed E-state index contributed by atoms with van der Waals surface area (Å²) in [4.78, 5) is 0. The fourth-order valence-electron chi connectivity index (χ4n) is 1.10. The second-order valence-electron chi connectivity index (χ2n) is 3.97. The van der Waals surface area contributed by atoms with Gasteiger partial charge in [-0.15, -0.1) is 0 Å². The standard InChI is InChI=1S/C10H21F2N/c1-8(2)6-4-5-7-13-9(3)10(11)12/h8-10,13H,4-7H2,1-3H3. The van der Waals surface area contributed by atoms with Gasteiger partial charge in [-0.2, -0.15) is 0 Å². The highest BCUT2D eigenvalue weighted by molar-refractivity contribution is 4.62. The Morgan fingerprint density at radius 3 is 2.15 bits per heavy atom. The molecule has 0 rings (SSSR count). The highest BCUT2D eigenvalue weighted by atomic mass is 19.3. The van der Waals surface area contributed by atoms with E-state index >= 15 is 0 Å². The summed E-state index contributed by atoms with van der Waals surface area (Å²) in [6.07, 6.45) is 1.06. The largest absolute Gasteiger partial charge is 0.309 e. The summed E-state index contributed by atoms with van der Waals surface area (Å²) in [5.74, 6) is 0.715. The lowest BCUT2D eigenvalue weighted by Gasteiger charge is -2.12. The summed E-state index contributed by atoms with van der Waals surface area (Å²) in [7, 11) is 0. The van der Waals surface area contributed by atoms with E-state index in [4.69, 9.17) is 0 Å². The zero-order valence-corrected chi connectivity index (χ0v) is 8.82. The third kappa shape index (κ3) is 8.16. The summed E-state index contributed by atoms with van der Waals surface area (Å²) >= 11 is 0. The van der Waals surface area contributed by atoms with E-state index in [-0.39, 0.29) is 0 Å². The Morgan fingerprint density at radius 1 is 1.08 bits per heavy atom. The van der Waals surface area contributed by atoms with Crippen LogP contribution in [-0.2, 0) is 0 Å². The molecular formula is C10H21F2N. The van der Waals surface area contributed by atoms with Crippen molar-refractivity contribution in [2.75, 3.05) is 6.54 Å². The Bertz CT molecular complexity index is 115. The molecule has 0 radical (unpaired) electrons. The first-order valence-corrected chi connectivity index (χ1v) is 5.05. The molecule has 0 heterocycles. The number of unbranched alkanes of at least 4 members (excludes halogenated alkanes) is 1. The van der Waals surface area contributed by atoms with Gasteiger partial charge < -0.3 is 5.32 Å². The maximum absolute atomic E-state index is 12.0. The average molecular weight is 193 g/mol. The van der Waals surface area contributed by atoms with Crippen LogP contribution >= 0.6 is 0 Å². The molecule has 0 saturated heterocycles. The van der Waals surface area contributed by atoms with Gasteiger partial charge in [-0.3, -0.25) is 0 Å². The van der Waals surface area contributed by atoms with Crippen molar-refractivity contribution in [3.63, 3.8) is 0 Å². The molecule has 0 saturated carbocycles. The van der Waals surface area contributed by atoms with Crippen molar-refractivity contribution in [3.8, 4) is 0 Å². The van der Waals surface area contributed by atoms with E-state index in [1.807, 2.05) is 0 Å². The van der Waals surface area contributed by atoms with E-state index < -0.39 is 12.5 Å². The van der Waals surface area contributed by atoms with Crippen LogP contribution < -0.4 is 5.32 Å². The van der Waals surface area contributed by atoms with Crippen LogP contribution in [0.4, 0.5) is 8.78 Å². The van der Waals surface area contributed by atoms with Crippen LogP contribution in [0.3, 0.4) is 0 Å². The lowest BCUT2D eigenvalue weighted by molar-refractivity contribution is 0.106. The molecule has 1 N–H and O–H groups in total. The fourth-order valence-corrected chi connectivity index (χ4v) is 1.10. The Balaban J connectivity index is 3.16. The van der Waals surface area contributed by atoms with Crippen molar-refractivity contribution in [1.29, 1.82) is 0 Å². The Labute approximate surface area is 79.9 Å². The molecule has 13 heavy (non-hydrogen) atoms. The van der Waals surface area contributed by atoms with Crippen molar-refractivity contribution >= 4 is 0 Å². The maximum atomic E-state index is 12.0. The Hall–Kier alpha value is -0.180. The minimum Gasteiger partial charge on any atom is -0.309 e. The van der Waals surface area contributed by atoms with Crippen LogP contribution in [0.1, 0.15) is 40.0 Å². The van der Waals surface area contributed by atoms with E-state index in [1.54, 1.807) is 0 Å². The summed E-state index contributed by atoms with van der Waals surface area (Å²) < 4.78 is 24.0. The van der Waals surface area contributed by atoms with E-state index in [9.17, 15) is 8.78 Å². The Kier molecular flexibility index (Phi) is 7.14. The molecule has 3 heteroatoms. The second kappa shape index (κ2) is 7.25. The van der Waals surface area contributed by atoms with Crippen LogP contribution in [0.15, 0.2) is 0 Å². The van der Waals surface area contributed by atoms with Crippen molar-refractivity contribution in [3.05, 3.63) is 0 Å². The van der Waals surface area contributed by atoms with Gasteiger partial charge in [0.2, 0.25) is 0 Å². The van der Waals surface area contributed by atoms with Crippen LogP contribution in [0, 0.1) is 5.92 Å². The third-order valence-electron chi connectivity index (χ3n) is 2.05. The lowest BCUT2D eigenvalue weighted by Crippen LogP contribution is -2.33. The van der Waals surface area contributed by atoms with E-state index in [0.29, 0.717) is 12.5 Å². The highest BCUT2D eigenvalue weighted by Gasteiger charge is 2.12. The smallest absolute Gasteiger partial charge is 0.253 e. The molecule has 0 aromatic carbocycles. The van der Waals surface area contributed by atoms with Crippen molar-refractivity contribution in [2.24, 2.45) is 5.92 Å². The predicted molar refractivity (Wildman–Crippen MR) is 52.2 cm³/mol. The lowest BCUT2D eigenvalue weighted by atomic mass is 10.1. The summed E-state index contributed by atoms with van der Waals surface area (Å²) in [5, 5.41) is 2.81. The van der Waals surface area contributed by atoms with Gasteiger partial charge in [0.1, 0.15) is 0 Å². The normalized spacial score (nSPS) is 14.1. The molecule has 0 aromatic heterocycles. The van der Waals surface area contributed by atoms with Crippen molar-refractivity contribution in [2.45, 2.75) is 52.5 Å². The number of hydrogen-bond acceptors (Lipinski definition) is 1. The summed E-state index contributed by atoms with van der Waals surface area (Å²) in [6, 6.07) is -0.668. The van der Waals surface area contributed by atoms with Gasteiger partial charge in [-0.25, -0.2) is 8.78 Å². The quantitative estimate of drug-likeness (QED) is 0.613. The van der Waals surface area contributed by atoms with E-state index in [0.717, 1.165) is 12.8 Å². The molecule has 1 atom stereocenters. The molecule has 0 fully saturated rings. The topological polar surface area (TPSA) is 12.0 Å². The number of rotatable bonds is 7. The molecule has 1 unspecified atom stereocenters. The first-order valence-electron chi connectivity index (χ1n) is 5.05. The van der Waals surface area contributed by atoms with Gasteiger partial charge in [0.15, 0.2) is 0 Å². The zero-order valence-electron chi connectivity index (χ0n) is 8.82. The molecule has 0 amide bonds. The molecule has 0 spiro atoms. The van der Waals surface area contributed by atoms with Crippen LogP contribution in [0.25, 0.3) is 0 Å². The molecular weight excluding hydrogens is 172 g/mol. The molecule has 0 aromatic rings. The highest BCUT2D eigenvalue weighted by Crippen LogP contribution is 2.06. The minimum absolute atomic E-state index is 0.668. The number of hydrogen-bond donors (Lipinski definition) is 1. The number of nitrogens with one attached hydrogen (secondary N) is 1. The SMILES string of the molecule is CC(C)CCCCNC(C)C(F)F. The first-order chi connectivity index (χ1) is 6.04. The summed E-state index contributed by atoms with van der Waals surface area (Å²) in [6.45, 7) is 6.58. The predicted octanol–water partition coefficient (Wildman–Crippen LogP) is 3.06. The zero-order chi connectivity index (χ0) is 10.3. The van der Waals surface area contributed by atoms with Crippen LogP contribution in [0.5, 0.6) is 0 Å². The first kappa shape index (κ1) is 12.8. The second-order valence-corrected chi connectivity index (χ2v) is 3.97. The van der Waals surface area contributed by atoms with Gasteiger partial charge in [0.25, 0.3) is 6.43 Å². The molecule has 80 valence electrons. The van der Waals surface area contributed by atoms with E-state index in [1.165, 1.54) is 13.3 Å². The monoisotopic (exact) mass is 193 g/mol. The van der Waals surface area contributed by atoms with Gasteiger partial charge in [0.05, 0.1) is 6.04 Å². The average Bonchev–Trinajstić information content (AvgIpc) is 2.02. The van der Waals surface area contributed by atoms with Gasteiger partial charge in [-0.05, 0) is 25.8 Å². The Morgan fingerprint density at radius 2 is 1.69 bits per heavy atom. The fraction of sp³-hybridized carbons (Fsp3) is 1.00. The molecule has 0 aliphatic carbocycles. The van der Waals surface area contributed by atoms with Gasteiger partial charge in [-0.1, -0.05) is 26.7 Å².